The van der Waals surface area contributed by atoms with Crippen LogP contribution in [0.25, 0.3) is 0 Å². The van der Waals surface area contributed by atoms with Crippen LogP contribution in [0.1, 0.15) is 29.5 Å². The number of nitrogens with one attached hydrogen (secondary N) is 2. The van der Waals surface area contributed by atoms with Crippen molar-refractivity contribution in [2.24, 2.45) is 5.41 Å². The highest BCUT2D eigenvalue weighted by molar-refractivity contribution is 6.17. The molecular formula is C20H19F3N2O2. The van der Waals surface area contributed by atoms with E-state index in [1.807, 2.05) is 32.0 Å². The van der Waals surface area contributed by atoms with E-state index < -0.39 is 29.0 Å². The summed E-state index contributed by atoms with van der Waals surface area (Å²) >= 11 is 0. The van der Waals surface area contributed by atoms with Crippen LogP contribution in [0.4, 0.5) is 24.5 Å². The molecule has 0 spiro atoms. The van der Waals surface area contributed by atoms with E-state index in [-0.39, 0.29) is 5.69 Å². The summed E-state index contributed by atoms with van der Waals surface area (Å²) in [6.45, 7) is 3.70. The lowest BCUT2D eigenvalue weighted by molar-refractivity contribution is -0.137. The average molecular weight is 376 g/mol. The van der Waals surface area contributed by atoms with Crippen molar-refractivity contribution in [1.82, 2.24) is 0 Å². The van der Waals surface area contributed by atoms with Crippen molar-refractivity contribution in [3.63, 3.8) is 0 Å². The van der Waals surface area contributed by atoms with E-state index in [1.54, 1.807) is 0 Å². The van der Waals surface area contributed by atoms with Crippen molar-refractivity contribution < 1.29 is 22.8 Å². The standard InChI is InChI=1S/C20H19F3N2O2/c1-12-5-3-6-13(2)16(12)25-18(27)19(9-10-19)17(26)24-15-8-4-7-14(11-15)20(21,22)23/h3-8,11H,9-10H2,1-2H3,(H,24,26)(H,25,27). The largest absolute Gasteiger partial charge is 0.416 e. The Balaban J connectivity index is 1.76. The lowest BCUT2D eigenvalue weighted by Crippen LogP contribution is -2.36. The van der Waals surface area contributed by atoms with Crippen LogP contribution in [-0.2, 0) is 15.8 Å². The molecule has 0 radical (unpaired) electrons. The Kier molecular flexibility index (Phi) is 4.71. The quantitative estimate of drug-likeness (QED) is 0.762. The van der Waals surface area contributed by atoms with Gasteiger partial charge in [0.15, 0.2) is 0 Å². The molecule has 0 heterocycles. The van der Waals surface area contributed by atoms with Crippen LogP contribution in [0.15, 0.2) is 42.5 Å². The third kappa shape index (κ3) is 3.82. The number of carbonyl (C=O) groups excluding carboxylic acids is 2. The zero-order valence-corrected chi connectivity index (χ0v) is 14.9. The molecule has 142 valence electrons. The molecule has 0 aromatic heterocycles. The van der Waals surface area contributed by atoms with Gasteiger partial charge >= 0.3 is 6.18 Å². The summed E-state index contributed by atoms with van der Waals surface area (Å²) in [5.74, 6) is -1.03. The first-order chi connectivity index (χ1) is 12.6. The Morgan fingerprint density at radius 1 is 0.926 bits per heavy atom. The first kappa shape index (κ1) is 18.9. The van der Waals surface area contributed by atoms with E-state index in [0.29, 0.717) is 18.5 Å². The van der Waals surface area contributed by atoms with Crippen LogP contribution in [0.3, 0.4) is 0 Å². The van der Waals surface area contributed by atoms with Crippen LogP contribution in [0.5, 0.6) is 0 Å². The predicted molar refractivity (Wildman–Crippen MR) is 96.3 cm³/mol. The monoisotopic (exact) mass is 376 g/mol. The molecular weight excluding hydrogens is 357 g/mol. The molecule has 0 saturated heterocycles. The number of halogens is 3. The molecule has 2 aromatic carbocycles. The Labute approximate surface area is 154 Å². The highest BCUT2D eigenvalue weighted by Gasteiger charge is 2.56. The van der Waals surface area contributed by atoms with Crippen molar-refractivity contribution >= 4 is 23.2 Å². The number of hydrogen-bond acceptors (Lipinski definition) is 2. The van der Waals surface area contributed by atoms with Gasteiger partial charge in [-0.25, -0.2) is 0 Å². The summed E-state index contributed by atoms with van der Waals surface area (Å²) in [4.78, 5) is 25.3. The third-order valence-electron chi connectivity index (χ3n) is 4.79. The van der Waals surface area contributed by atoms with Gasteiger partial charge in [0, 0.05) is 11.4 Å². The Morgan fingerprint density at radius 3 is 2.04 bits per heavy atom. The molecule has 2 aromatic rings. The molecule has 0 aliphatic heterocycles. The summed E-state index contributed by atoms with van der Waals surface area (Å²) in [6.07, 6.45) is -3.79. The summed E-state index contributed by atoms with van der Waals surface area (Å²) in [6, 6.07) is 9.94. The number of para-hydroxylation sites is 1. The zero-order chi connectivity index (χ0) is 19.8. The van der Waals surface area contributed by atoms with Gasteiger partial charge in [0.25, 0.3) is 0 Å². The van der Waals surface area contributed by atoms with Crippen molar-refractivity contribution in [3.8, 4) is 0 Å². The maximum absolute atomic E-state index is 12.8. The van der Waals surface area contributed by atoms with E-state index >= 15 is 0 Å². The van der Waals surface area contributed by atoms with Crippen LogP contribution < -0.4 is 10.6 Å². The van der Waals surface area contributed by atoms with Crippen molar-refractivity contribution in [2.75, 3.05) is 10.6 Å². The molecule has 2 N–H and O–H groups in total. The van der Waals surface area contributed by atoms with Crippen molar-refractivity contribution in [2.45, 2.75) is 32.9 Å². The lowest BCUT2D eigenvalue weighted by Gasteiger charge is -2.18. The SMILES string of the molecule is Cc1cccc(C)c1NC(=O)C1(C(=O)Nc2cccc(C(F)(F)F)c2)CC1. The number of benzene rings is 2. The van der Waals surface area contributed by atoms with Gasteiger partial charge in [-0.3, -0.25) is 9.59 Å². The van der Waals surface area contributed by atoms with Crippen LogP contribution in [0, 0.1) is 19.3 Å². The molecule has 7 heteroatoms. The Morgan fingerprint density at radius 2 is 1.48 bits per heavy atom. The normalized spacial score (nSPS) is 15.1. The fraction of sp³-hybridized carbons (Fsp3) is 0.300. The molecule has 27 heavy (non-hydrogen) atoms. The van der Waals surface area contributed by atoms with Gasteiger partial charge in [-0.15, -0.1) is 0 Å². The van der Waals surface area contributed by atoms with Gasteiger partial charge in [0.1, 0.15) is 5.41 Å². The minimum absolute atomic E-state index is 0.0148. The molecule has 0 bridgehead atoms. The Hall–Kier alpha value is -2.83. The molecule has 1 aliphatic carbocycles. The van der Waals surface area contributed by atoms with Gasteiger partial charge < -0.3 is 10.6 Å². The maximum Gasteiger partial charge on any atom is 0.416 e. The smallest absolute Gasteiger partial charge is 0.325 e. The minimum atomic E-state index is -4.50. The molecule has 1 aliphatic rings. The maximum atomic E-state index is 12.8. The second-order valence-corrected chi connectivity index (χ2v) is 6.84. The van der Waals surface area contributed by atoms with Crippen LogP contribution in [0.2, 0.25) is 0 Å². The van der Waals surface area contributed by atoms with Gasteiger partial charge in [0.2, 0.25) is 11.8 Å². The first-order valence-corrected chi connectivity index (χ1v) is 8.50. The molecule has 3 rings (SSSR count). The topological polar surface area (TPSA) is 58.2 Å². The molecule has 2 amide bonds. The molecule has 0 unspecified atom stereocenters. The second-order valence-electron chi connectivity index (χ2n) is 6.84. The number of carbonyl (C=O) groups is 2. The van der Waals surface area contributed by atoms with E-state index in [0.717, 1.165) is 23.3 Å². The first-order valence-electron chi connectivity index (χ1n) is 8.50. The highest BCUT2D eigenvalue weighted by atomic mass is 19.4. The van der Waals surface area contributed by atoms with Gasteiger partial charge in [0.05, 0.1) is 5.56 Å². The summed E-state index contributed by atoms with van der Waals surface area (Å²) in [5, 5.41) is 5.26. The second kappa shape index (κ2) is 6.72. The molecule has 1 saturated carbocycles. The number of hydrogen-bond donors (Lipinski definition) is 2. The van der Waals surface area contributed by atoms with Crippen LogP contribution >= 0.6 is 0 Å². The van der Waals surface area contributed by atoms with E-state index in [4.69, 9.17) is 0 Å². The molecule has 4 nitrogen and oxygen atoms in total. The third-order valence-corrected chi connectivity index (χ3v) is 4.79. The molecule has 0 atom stereocenters. The number of anilines is 2. The van der Waals surface area contributed by atoms with Crippen LogP contribution in [-0.4, -0.2) is 11.8 Å². The number of alkyl halides is 3. The van der Waals surface area contributed by atoms with E-state index in [9.17, 15) is 22.8 Å². The van der Waals surface area contributed by atoms with Crippen molar-refractivity contribution in [1.29, 1.82) is 0 Å². The Bertz CT molecular complexity index is 882. The summed E-state index contributed by atoms with van der Waals surface area (Å²) in [5.41, 5.74) is 0.310. The average Bonchev–Trinajstić information content (AvgIpc) is 3.40. The van der Waals surface area contributed by atoms with Gasteiger partial charge in [-0.1, -0.05) is 24.3 Å². The summed E-state index contributed by atoms with van der Waals surface area (Å²) in [7, 11) is 0. The van der Waals surface area contributed by atoms with E-state index in [1.165, 1.54) is 12.1 Å². The fourth-order valence-corrected chi connectivity index (χ4v) is 2.95. The number of aryl methyl sites for hydroxylation is 2. The number of amides is 2. The fourth-order valence-electron chi connectivity index (χ4n) is 2.95. The zero-order valence-electron chi connectivity index (χ0n) is 14.9. The van der Waals surface area contributed by atoms with Crippen molar-refractivity contribution in [3.05, 3.63) is 59.2 Å². The number of rotatable bonds is 4. The van der Waals surface area contributed by atoms with Gasteiger partial charge in [-0.2, -0.15) is 13.2 Å². The highest BCUT2D eigenvalue weighted by Crippen LogP contribution is 2.48. The van der Waals surface area contributed by atoms with E-state index in [2.05, 4.69) is 10.6 Å². The van der Waals surface area contributed by atoms with Gasteiger partial charge in [-0.05, 0) is 56.0 Å². The molecule has 1 fully saturated rings. The summed E-state index contributed by atoms with van der Waals surface area (Å²) < 4.78 is 38.5. The minimum Gasteiger partial charge on any atom is -0.325 e. The lowest BCUT2D eigenvalue weighted by atomic mass is 10.0. The predicted octanol–water partition coefficient (Wildman–Crippen LogP) is 4.68.